The molecule has 1 aromatic heterocycles. The first kappa shape index (κ1) is 15.3. The second-order valence-electron chi connectivity index (χ2n) is 5.86. The fourth-order valence-corrected chi connectivity index (χ4v) is 2.85. The van der Waals surface area contributed by atoms with Gasteiger partial charge < -0.3 is 10.4 Å². The number of rotatable bonds is 4. The third-order valence-electron chi connectivity index (χ3n) is 3.91. The Balaban J connectivity index is 2.20. The average molecular weight is 297 g/mol. The van der Waals surface area contributed by atoms with Gasteiger partial charge in [-0.25, -0.2) is 4.98 Å². The number of aliphatic hydroxyl groups excluding tert-OH is 1. The lowest BCUT2D eigenvalue weighted by Crippen LogP contribution is -2.49. The zero-order valence-electron chi connectivity index (χ0n) is 11.9. The van der Waals surface area contributed by atoms with Gasteiger partial charge in [-0.2, -0.15) is 0 Å². The number of aromatic nitrogens is 1. The summed E-state index contributed by atoms with van der Waals surface area (Å²) in [5.74, 6) is 0.0192. The van der Waals surface area contributed by atoms with Gasteiger partial charge >= 0.3 is 0 Å². The number of carbonyl (C=O) groups is 1. The summed E-state index contributed by atoms with van der Waals surface area (Å²) in [4.78, 5) is 16.6. The molecule has 2 N–H and O–H groups in total. The van der Waals surface area contributed by atoms with E-state index in [1.807, 2.05) is 13.8 Å². The molecule has 1 amide bonds. The van der Waals surface area contributed by atoms with Gasteiger partial charge in [0.05, 0.1) is 12.1 Å². The third kappa shape index (κ3) is 3.30. The molecule has 20 heavy (non-hydrogen) atoms. The summed E-state index contributed by atoms with van der Waals surface area (Å²) in [5.41, 5.74) is 0.839. The molecule has 0 spiro atoms. The van der Waals surface area contributed by atoms with Gasteiger partial charge in [-0.3, -0.25) is 4.79 Å². The first-order chi connectivity index (χ1) is 9.46. The number of aliphatic hydroxyl groups is 1. The summed E-state index contributed by atoms with van der Waals surface area (Å²) in [5, 5.41) is 12.9. The van der Waals surface area contributed by atoms with E-state index in [1.54, 1.807) is 12.1 Å². The number of nitrogens with zero attached hydrogens (tertiary/aromatic N) is 1. The number of hydrogen-bond acceptors (Lipinski definition) is 3. The number of pyridine rings is 1. The number of nitrogens with one attached hydrogen (secondary N) is 1. The minimum absolute atomic E-state index is 0.0193. The Kier molecular flexibility index (Phi) is 4.66. The largest absolute Gasteiger partial charge is 0.394 e. The predicted molar refractivity (Wildman–Crippen MR) is 79.1 cm³/mol. The van der Waals surface area contributed by atoms with Crippen LogP contribution in [0.1, 0.15) is 61.5 Å². The maximum atomic E-state index is 12.4. The summed E-state index contributed by atoms with van der Waals surface area (Å²) in [6.07, 6.45) is 3.72. The van der Waals surface area contributed by atoms with Crippen molar-refractivity contribution in [2.45, 2.75) is 51.0 Å². The van der Waals surface area contributed by atoms with Crippen molar-refractivity contribution in [3.63, 3.8) is 0 Å². The van der Waals surface area contributed by atoms with E-state index in [-0.39, 0.29) is 18.4 Å². The van der Waals surface area contributed by atoms with E-state index in [9.17, 15) is 9.90 Å². The van der Waals surface area contributed by atoms with E-state index in [0.29, 0.717) is 10.7 Å². The van der Waals surface area contributed by atoms with Gasteiger partial charge in [-0.05, 0) is 30.9 Å². The Labute approximate surface area is 124 Å². The summed E-state index contributed by atoms with van der Waals surface area (Å²) in [6.45, 7) is 3.99. The molecule has 110 valence electrons. The van der Waals surface area contributed by atoms with Gasteiger partial charge in [0.1, 0.15) is 5.15 Å². The van der Waals surface area contributed by atoms with Gasteiger partial charge in [0, 0.05) is 11.3 Å². The zero-order chi connectivity index (χ0) is 14.8. The Morgan fingerprint density at radius 2 is 2.10 bits per heavy atom. The van der Waals surface area contributed by atoms with Crippen LogP contribution in [0.2, 0.25) is 5.15 Å². The van der Waals surface area contributed by atoms with Crippen LogP contribution in [0.5, 0.6) is 0 Å². The van der Waals surface area contributed by atoms with Crippen LogP contribution >= 0.6 is 11.6 Å². The van der Waals surface area contributed by atoms with Crippen molar-refractivity contribution in [1.82, 2.24) is 10.3 Å². The van der Waals surface area contributed by atoms with E-state index >= 15 is 0 Å². The molecule has 1 saturated carbocycles. The lowest BCUT2D eigenvalue weighted by atomic mass is 9.98. The lowest BCUT2D eigenvalue weighted by Gasteiger charge is -2.28. The molecule has 1 aliphatic rings. The van der Waals surface area contributed by atoms with Crippen molar-refractivity contribution in [2.24, 2.45) is 0 Å². The summed E-state index contributed by atoms with van der Waals surface area (Å²) in [6, 6.07) is 3.34. The summed E-state index contributed by atoms with van der Waals surface area (Å²) < 4.78 is 0. The van der Waals surface area contributed by atoms with Gasteiger partial charge in [-0.15, -0.1) is 0 Å². The van der Waals surface area contributed by atoms with E-state index in [2.05, 4.69) is 10.3 Å². The second-order valence-corrected chi connectivity index (χ2v) is 6.25. The molecule has 2 rings (SSSR count). The highest BCUT2D eigenvalue weighted by Crippen LogP contribution is 2.29. The minimum atomic E-state index is -0.467. The number of halogens is 1. The monoisotopic (exact) mass is 296 g/mol. The standard InChI is InChI=1S/C15H21ClN2O2/c1-10(2)12-7-11(8-13(16)17-12)14(20)18-15(9-19)5-3-4-6-15/h7-8,10,19H,3-6,9H2,1-2H3,(H,18,20). The molecule has 1 heterocycles. The number of carbonyl (C=O) groups excluding carboxylic acids is 1. The number of amides is 1. The molecular weight excluding hydrogens is 276 g/mol. The molecule has 0 radical (unpaired) electrons. The minimum Gasteiger partial charge on any atom is -0.394 e. The van der Waals surface area contributed by atoms with Crippen molar-refractivity contribution in [1.29, 1.82) is 0 Å². The van der Waals surface area contributed by atoms with Gasteiger partial charge in [0.25, 0.3) is 5.91 Å². The zero-order valence-corrected chi connectivity index (χ0v) is 12.7. The van der Waals surface area contributed by atoms with Crippen molar-refractivity contribution >= 4 is 17.5 Å². The molecule has 1 aliphatic carbocycles. The topological polar surface area (TPSA) is 62.2 Å². The maximum absolute atomic E-state index is 12.4. The first-order valence-corrected chi connectivity index (χ1v) is 7.44. The molecule has 5 heteroatoms. The highest BCUT2D eigenvalue weighted by molar-refractivity contribution is 6.29. The second kappa shape index (κ2) is 6.10. The first-order valence-electron chi connectivity index (χ1n) is 7.07. The SMILES string of the molecule is CC(C)c1cc(C(=O)NC2(CO)CCCC2)cc(Cl)n1. The number of hydrogen-bond donors (Lipinski definition) is 2. The van der Waals surface area contributed by atoms with Crippen LogP contribution in [0, 0.1) is 0 Å². The third-order valence-corrected chi connectivity index (χ3v) is 4.10. The molecule has 0 unspecified atom stereocenters. The predicted octanol–water partition coefficient (Wildman–Crippen LogP) is 2.89. The van der Waals surface area contributed by atoms with Crippen molar-refractivity contribution in [2.75, 3.05) is 6.61 Å². The normalized spacial score (nSPS) is 17.4. The van der Waals surface area contributed by atoms with E-state index in [0.717, 1.165) is 31.4 Å². The van der Waals surface area contributed by atoms with Gasteiger partial charge in [0.2, 0.25) is 0 Å². The molecule has 1 aromatic rings. The highest BCUT2D eigenvalue weighted by atomic mass is 35.5. The van der Waals surface area contributed by atoms with Crippen LogP contribution in [-0.2, 0) is 0 Å². The van der Waals surface area contributed by atoms with Gasteiger partial charge in [-0.1, -0.05) is 38.3 Å². The Bertz CT molecular complexity index is 497. The van der Waals surface area contributed by atoms with Crippen LogP contribution in [0.3, 0.4) is 0 Å². The van der Waals surface area contributed by atoms with E-state index < -0.39 is 5.54 Å². The highest BCUT2D eigenvalue weighted by Gasteiger charge is 2.34. The quantitative estimate of drug-likeness (QED) is 0.840. The molecule has 1 fully saturated rings. The summed E-state index contributed by atoms with van der Waals surface area (Å²) in [7, 11) is 0. The molecule has 0 aliphatic heterocycles. The molecular formula is C15H21ClN2O2. The molecule has 0 bridgehead atoms. The van der Waals surface area contributed by atoms with Crippen molar-refractivity contribution < 1.29 is 9.90 Å². The van der Waals surface area contributed by atoms with Crippen LogP contribution in [0.4, 0.5) is 0 Å². The van der Waals surface area contributed by atoms with E-state index in [1.165, 1.54) is 0 Å². The van der Waals surface area contributed by atoms with Crippen LogP contribution < -0.4 is 5.32 Å². The van der Waals surface area contributed by atoms with Gasteiger partial charge in [0.15, 0.2) is 0 Å². The van der Waals surface area contributed by atoms with E-state index in [4.69, 9.17) is 11.6 Å². The molecule has 0 atom stereocenters. The summed E-state index contributed by atoms with van der Waals surface area (Å²) >= 11 is 5.98. The van der Waals surface area contributed by atoms with Crippen LogP contribution in [0.15, 0.2) is 12.1 Å². The van der Waals surface area contributed by atoms with Crippen LogP contribution in [-0.4, -0.2) is 28.1 Å². The maximum Gasteiger partial charge on any atom is 0.251 e. The molecule has 0 saturated heterocycles. The fourth-order valence-electron chi connectivity index (χ4n) is 2.63. The van der Waals surface area contributed by atoms with Crippen molar-refractivity contribution in [3.05, 3.63) is 28.5 Å². The molecule has 4 nitrogen and oxygen atoms in total. The Morgan fingerprint density at radius 3 is 2.65 bits per heavy atom. The van der Waals surface area contributed by atoms with Crippen LogP contribution in [0.25, 0.3) is 0 Å². The smallest absolute Gasteiger partial charge is 0.251 e. The average Bonchev–Trinajstić information content (AvgIpc) is 2.87. The lowest BCUT2D eigenvalue weighted by molar-refractivity contribution is 0.0838. The Hall–Kier alpha value is -1.13. The molecule has 0 aromatic carbocycles. The Morgan fingerprint density at radius 1 is 1.45 bits per heavy atom. The fraction of sp³-hybridized carbons (Fsp3) is 0.600. The van der Waals surface area contributed by atoms with Crippen molar-refractivity contribution in [3.8, 4) is 0 Å².